The number of rotatable bonds is 5. The molecule has 2 rings (SSSR count). The van der Waals surface area contributed by atoms with E-state index in [0.717, 1.165) is 18.5 Å². The van der Waals surface area contributed by atoms with Crippen LogP contribution in [0, 0.1) is 5.92 Å². The van der Waals surface area contributed by atoms with Crippen LogP contribution in [0.2, 0.25) is 0 Å². The molecule has 1 aliphatic heterocycles. The van der Waals surface area contributed by atoms with Crippen molar-refractivity contribution in [3.63, 3.8) is 0 Å². The first kappa shape index (κ1) is 14.0. The number of hydrogen-bond donors (Lipinski definition) is 1. The molecule has 0 aromatic heterocycles. The lowest BCUT2D eigenvalue weighted by Crippen LogP contribution is -2.35. The fraction of sp³-hybridized carbons (Fsp3) is 0.533. The fourth-order valence-corrected chi connectivity index (χ4v) is 2.25. The summed E-state index contributed by atoms with van der Waals surface area (Å²) in [6, 6.07) is 9.28. The van der Waals surface area contributed by atoms with E-state index in [1.54, 1.807) is 6.92 Å². The van der Waals surface area contributed by atoms with Crippen LogP contribution in [0.4, 0.5) is 4.39 Å². The van der Waals surface area contributed by atoms with E-state index >= 15 is 0 Å². The lowest BCUT2D eigenvalue weighted by atomic mass is 10.0. The van der Waals surface area contributed by atoms with Gasteiger partial charge in [0.05, 0.1) is 5.92 Å². The van der Waals surface area contributed by atoms with Crippen molar-refractivity contribution in [2.24, 2.45) is 5.92 Å². The van der Waals surface area contributed by atoms with Crippen molar-refractivity contribution < 1.29 is 13.9 Å². The van der Waals surface area contributed by atoms with Crippen LogP contribution < -0.4 is 5.32 Å². The third-order valence-electron chi connectivity index (χ3n) is 3.52. The normalized spacial score (nSPS) is 21.9. The second-order valence-corrected chi connectivity index (χ2v) is 5.01. The summed E-state index contributed by atoms with van der Waals surface area (Å²) in [6.45, 7) is 3.08. The smallest absolute Gasteiger partial charge is 0.313 e. The molecule has 0 saturated carbocycles. The molecular weight excluding hydrogens is 245 g/mol. The molecule has 0 bridgehead atoms. The van der Waals surface area contributed by atoms with Crippen molar-refractivity contribution in [1.82, 2.24) is 5.32 Å². The van der Waals surface area contributed by atoms with Crippen molar-refractivity contribution in [2.45, 2.75) is 32.0 Å². The number of carbonyl (C=O) groups is 1. The molecule has 1 aliphatic rings. The Labute approximate surface area is 113 Å². The molecule has 2 unspecified atom stereocenters. The zero-order valence-electron chi connectivity index (χ0n) is 11.2. The summed E-state index contributed by atoms with van der Waals surface area (Å²) in [4.78, 5) is 11.9. The Morgan fingerprint density at radius 3 is 2.79 bits per heavy atom. The third kappa shape index (κ3) is 3.77. The van der Waals surface area contributed by atoms with Gasteiger partial charge in [0.1, 0.15) is 0 Å². The fourth-order valence-electron chi connectivity index (χ4n) is 2.25. The van der Waals surface area contributed by atoms with E-state index in [0.29, 0.717) is 6.54 Å². The number of halogens is 1. The van der Waals surface area contributed by atoms with Gasteiger partial charge < -0.3 is 10.1 Å². The Morgan fingerprint density at radius 2 is 2.21 bits per heavy atom. The van der Waals surface area contributed by atoms with Crippen LogP contribution in [-0.2, 0) is 16.0 Å². The molecule has 1 heterocycles. The minimum atomic E-state index is -1.90. The summed E-state index contributed by atoms with van der Waals surface area (Å²) in [5.41, 5.74) is 0.837. The van der Waals surface area contributed by atoms with Gasteiger partial charge in [-0.3, -0.25) is 4.79 Å². The summed E-state index contributed by atoms with van der Waals surface area (Å²) in [5, 5.41) is 3.08. The highest BCUT2D eigenvalue weighted by Crippen LogP contribution is 2.26. The summed E-state index contributed by atoms with van der Waals surface area (Å²) in [6.07, 6.45) is 0.994. The van der Waals surface area contributed by atoms with Crippen molar-refractivity contribution in [2.75, 3.05) is 13.1 Å². The number of carbonyl (C=O) groups excluding carboxylic acids is 1. The zero-order chi connectivity index (χ0) is 13.7. The maximum atomic E-state index is 14.6. The number of hydrogen-bond acceptors (Lipinski definition) is 3. The summed E-state index contributed by atoms with van der Waals surface area (Å²) < 4.78 is 19.8. The van der Waals surface area contributed by atoms with Gasteiger partial charge in [-0.25, -0.2) is 0 Å². The Kier molecular flexibility index (Phi) is 4.53. The maximum absolute atomic E-state index is 14.6. The van der Waals surface area contributed by atoms with Gasteiger partial charge in [-0.1, -0.05) is 37.3 Å². The average Bonchev–Trinajstić information content (AvgIpc) is 2.94. The van der Waals surface area contributed by atoms with Crippen molar-refractivity contribution in [3.05, 3.63) is 35.9 Å². The van der Waals surface area contributed by atoms with Gasteiger partial charge in [-0.15, -0.1) is 0 Å². The predicted octanol–water partition coefficient (Wildman–Crippen LogP) is 2.46. The predicted molar refractivity (Wildman–Crippen MR) is 71.3 cm³/mol. The molecule has 2 atom stereocenters. The van der Waals surface area contributed by atoms with Gasteiger partial charge in [-0.2, -0.15) is 4.39 Å². The number of nitrogens with one attached hydrogen (secondary N) is 1. The van der Waals surface area contributed by atoms with Crippen LogP contribution in [-0.4, -0.2) is 24.9 Å². The molecule has 0 spiro atoms. The number of ether oxygens (including phenoxy) is 1. The van der Waals surface area contributed by atoms with Gasteiger partial charge in [0, 0.05) is 19.4 Å². The first-order valence-corrected chi connectivity index (χ1v) is 6.79. The number of benzene rings is 1. The maximum Gasteiger partial charge on any atom is 0.313 e. The molecule has 3 nitrogen and oxygen atoms in total. The highest BCUT2D eigenvalue weighted by Gasteiger charge is 2.35. The lowest BCUT2D eigenvalue weighted by Gasteiger charge is -2.25. The molecule has 0 radical (unpaired) electrons. The standard InChI is InChI=1S/C15H20FNO2/c1-2-15(16,10-12-6-4-3-5-7-12)19-14(18)13-8-9-17-11-13/h3-7,13,17H,2,8-11H2,1H3. The number of esters is 1. The van der Waals surface area contributed by atoms with E-state index < -0.39 is 11.8 Å². The molecule has 1 N–H and O–H groups in total. The monoisotopic (exact) mass is 265 g/mol. The van der Waals surface area contributed by atoms with Crippen LogP contribution in [0.15, 0.2) is 30.3 Å². The van der Waals surface area contributed by atoms with Crippen LogP contribution in [0.3, 0.4) is 0 Å². The molecule has 1 aromatic carbocycles. The minimum Gasteiger partial charge on any atom is -0.428 e. The highest BCUT2D eigenvalue weighted by molar-refractivity contribution is 5.73. The van der Waals surface area contributed by atoms with Crippen LogP contribution >= 0.6 is 0 Å². The molecule has 4 heteroatoms. The van der Waals surface area contributed by atoms with E-state index in [2.05, 4.69) is 5.32 Å². The third-order valence-corrected chi connectivity index (χ3v) is 3.52. The van der Waals surface area contributed by atoms with E-state index in [9.17, 15) is 9.18 Å². The molecule has 0 aliphatic carbocycles. The first-order valence-electron chi connectivity index (χ1n) is 6.79. The molecule has 104 valence electrons. The number of alkyl halides is 1. The van der Waals surface area contributed by atoms with E-state index in [-0.39, 0.29) is 18.8 Å². The SMILES string of the molecule is CCC(F)(Cc1ccccc1)OC(=O)C1CCNC1. The van der Waals surface area contributed by atoms with Gasteiger partial charge in [-0.05, 0) is 18.5 Å². The summed E-state index contributed by atoms with van der Waals surface area (Å²) in [7, 11) is 0. The van der Waals surface area contributed by atoms with Crippen molar-refractivity contribution >= 4 is 5.97 Å². The Hall–Kier alpha value is -1.42. The van der Waals surface area contributed by atoms with E-state index in [1.807, 2.05) is 30.3 Å². The lowest BCUT2D eigenvalue weighted by molar-refractivity contribution is -0.187. The van der Waals surface area contributed by atoms with Gasteiger partial charge in [0.25, 0.3) is 5.85 Å². The quantitative estimate of drug-likeness (QED) is 0.831. The van der Waals surface area contributed by atoms with Crippen LogP contribution in [0.25, 0.3) is 0 Å². The molecule has 0 amide bonds. The molecule has 1 fully saturated rings. The zero-order valence-corrected chi connectivity index (χ0v) is 11.2. The van der Waals surface area contributed by atoms with Crippen LogP contribution in [0.1, 0.15) is 25.3 Å². The largest absolute Gasteiger partial charge is 0.428 e. The average molecular weight is 265 g/mol. The van der Waals surface area contributed by atoms with Gasteiger partial charge >= 0.3 is 5.97 Å². The second-order valence-electron chi connectivity index (χ2n) is 5.01. The summed E-state index contributed by atoms with van der Waals surface area (Å²) >= 11 is 0. The van der Waals surface area contributed by atoms with Crippen molar-refractivity contribution in [1.29, 1.82) is 0 Å². The first-order chi connectivity index (χ1) is 9.13. The van der Waals surface area contributed by atoms with Crippen LogP contribution in [0.5, 0.6) is 0 Å². The van der Waals surface area contributed by atoms with Gasteiger partial charge in [0.15, 0.2) is 0 Å². The molecular formula is C15H20FNO2. The molecule has 19 heavy (non-hydrogen) atoms. The van der Waals surface area contributed by atoms with Gasteiger partial charge in [0.2, 0.25) is 0 Å². The van der Waals surface area contributed by atoms with Crippen molar-refractivity contribution in [3.8, 4) is 0 Å². The second kappa shape index (κ2) is 6.15. The minimum absolute atomic E-state index is 0.107. The Balaban J connectivity index is 1.99. The van der Waals surface area contributed by atoms with E-state index in [1.165, 1.54) is 0 Å². The summed E-state index contributed by atoms with van der Waals surface area (Å²) in [5.74, 6) is -2.54. The highest BCUT2D eigenvalue weighted by atomic mass is 19.2. The Morgan fingerprint density at radius 1 is 1.47 bits per heavy atom. The topological polar surface area (TPSA) is 38.3 Å². The Bertz CT molecular complexity index is 417. The van der Waals surface area contributed by atoms with E-state index in [4.69, 9.17) is 4.74 Å². The molecule has 1 saturated heterocycles. The molecule has 1 aromatic rings.